The minimum atomic E-state index is -2.03. The van der Waals surface area contributed by atoms with Crippen molar-refractivity contribution in [3.8, 4) is 23.0 Å². The van der Waals surface area contributed by atoms with Crippen LogP contribution in [0.5, 0.6) is 23.0 Å². The zero-order valence-electron chi connectivity index (χ0n) is 39.4. The number of aliphatic hydroxyl groups excluding tert-OH is 2. The highest BCUT2D eigenvalue weighted by Gasteiger charge is 2.50. The molecule has 64 heavy (non-hydrogen) atoms. The number of aromatic hydroxyl groups is 2. The first-order valence-electron chi connectivity index (χ1n) is 22.5. The molecule has 0 saturated carbocycles. The number of hydrogen-bond donors (Lipinski definition) is 5. The number of benzene rings is 2. The number of ether oxygens (including phenoxy) is 5. The predicted octanol–water partition coefficient (Wildman–Crippen LogP) is 7.64. The van der Waals surface area contributed by atoms with Crippen LogP contribution >= 0.6 is 0 Å². The molecule has 0 unspecified atom stereocenters. The number of amides is 2. The molecule has 2 aromatic carbocycles. The molecule has 354 valence electrons. The molecule has 3 heterocycles. The van der Waals surface area contributed by atoms with Crippen LogP contribution in [-0.2, 0) is 28.6 Å². The molecule has 3 aliphatic rings. The number of carbonyl (C=O) groups excluding carboxylic acids is 4. The Morgan fingerprint density at radius 3 is 2.12 bits per heavy atom. The molecule has 0 spiro atoms. The van der Waals surface area contributed by atoms with Crippen molar-refractivity contribution in [1.29, 1.82) is 0 Å². The highest BCUT2D eigenvalue weighted by atomic mass is 16.7. The summed E-state index contributed by atoms with van der Waals surface area (Å²) in [5, 5.41) is 48.9. The normalized spacial score (nSPS) is 28.4. The van der Waals surface area contributed by atoms with E-state index in [4.69, 9.17) is 23.7 Å². The minimum Gasteiger partial charge on any atom is -0.507 e. The monoisotopic (exact) mass is 894 g/mol. The van der Waals surface area contributed by atoms with Crippen LogP contribution in [0.2, 0.25) is 0 Å². The Bertz CT molecular complexity index is 2090. The van der Waals surface area contributed by atoms with E-state index in [2.05, 4.69) is 19.2 Å². The molecule has 0 aliphatic carbocycles. The van der Waals surface area contributed by atoms with Gasteiger partial charge in [-0.3, -0.25) is 19.2 Å². The fraction of sp³-hybridized carbons (Fsp3) is 0.592. The standard InChI is InChI=1S/C49H70N2O13/c1-12-14-16-22-51(23-17-15-13-2)37(53)26-61-36-25-34-44(57)39-38(36)40-46(32(8)43(39)56)64-49(10,47(40)58)62-24-21-35(60-11)29(5)45(63-33(9)52)31(7)42(55)30(6)41(54)27(3)19-18-20-28(4)48(59)50-34/h18-21,24-25,27,29-31,35,41-42,45,54-57H,12-17,22-23,26H2,1-11H3,(H,50,59)/b19-18+,24-21+,28-20-/t27-,29+,30+,31+,35-,41-,42+,45+,49-/m0/s1. The summed E-state index contributed by atoms with van der Waals surface area (Å²) in [5.74, 6) is -7.88. The maximum Gasteiger partial charge on any atom is 0.312 e. The smallest absolute Gasteiger partial charge is 0.312 e. The Kier molecular flexibility index (Phi) is 18.2. The first kappa shape index (κ1) is 51.5. The number of hydrogen-bond acceptors (Lipinski definition) is 13. The van der Waals surface area contributed by atoms with Gasteiger partial charge >= 0.3 is 11.8 Å². The second-order valence-electron chi connectivity index (χ2n) is 17.5. The summed E-state index contributed by atoms with van der Waals surface area (Å²) in [6.07, 6.45) is 9.12. The van der Waals surface area contributed by atoms with Crippen molar-refractivity contribution in [1.82, 2.24) is 4.90 Å². The molecular formula is C49H70N2O13. The van der Waals surface area contributed by atoms with Gasteiger partial charge in [0.05, 0.1) is 41.2 Å². The maximum atomic E-state index is 14.6. The van der Waals surface area contributed by atoms with Gasteiger partial charge in [0.15, 0.2) is 12.4 Å². The highest BCUT2D eigenvalue weighted by Crippen LogP contribution is 2.54. The first-order valence-corrected chi connectivity index (χ1v) is 22.5. The number of unbranched alkanes of at least 4 members (excludes halogenated alkanes) is 4. The van der Waals surface area contributed by atoms with Gasteiger partial charge in [0.25, 0.3) is 17.6 Å². The molecule has 0 radical (unpaired) electrons. The number of anilines is 1. The molecule has 15 heteroatoms. The average Bonchev–Trinajstić information content (AvgIpc) is 3.52. The lowest BCUT2D eigenvalue weighted by Crippen LogP contribution is -2.46. The zero-order valence-corrected chi connectivity index (χ0v) is 39.4. The molecule has 0 fully saturated rings. The van der Waals surface area contributed by atoms with E-state index in [-0.39, 0.29) is 50.6 Å². The molecule has 0 aromatic heterocycles. The largest absolute Gasteiger partial charge is 0.507 e. The summed E-state index contributed by atoms with van der Waals surface area (Å²) in [7, 11) is 1.45. The number of aliphatic hydroxyl groups is 2. The van der Waals surface area contributed by atoms with Gasteiger partial charge in [0.2, 0.25) is 0 Å². The van der Waals surface area contributed by atoms with E-state index in [1.54, 1.807) is 51.7 Å². The average molecular weight is 895 g/mol. The van der Waals surface area contributed by atoms with Crippen molar-refractivity contribution in [2.75, 3.05) is 32.1 Å². The Morgan fingerprint density at radius 2 is 1.53 bits per heavy atom. The number of Topliss-reactive ketones (excluding diaryl/α,β-unsaturated/α-hetero) is 1. The van der Waals surface area contributed by atoms with E-state index in [0.717, 1.165) is 38.5 Å². The lowest BCUT2D eigenvalue weighted by molar-refractivity contribution is -0.160. The summed E-state index contributed by atoms with van der Waals surface area (Å²) < 4.78 is 30.1. The van der Waals surface area contributed by atoms with Gasteiger partial charge in [0.1, 0.15) is 23.4 Å². The molecule has 5 rings (SSSR count). The minimum absolute atomic E-state index is 0.0463. The van der Waals surface area contributed by atoms with Crippen LogP contribution in [0, 0.1) is 30.6 Å². The van der Waals surface area contributed by atoms with Crippen molar-refractivity contribution < 1.29 is 63.3 Å². The molecule has 5 N–H and O–H groups in total. The predicted molar refractivity (Wildman–Crippen MR) is 243 cm³/mol. The molecule has 15 nitrogen and oxygen atoms in total. The highest BCUT2D eigenvalue weighted by molar-refractivity contribution is 6.21. The Morgan fingerprint density at radius 1 is 0.891 bits per heavy atom. The van der Waals surface area contributed by atoms with Gasteiger partial charge in [-0.1, -0.05) is 85.5 Å². The number of allylic oxidation sites excluding steroid dienone is 2. The lowest BCUT2D eigenvalue weighted by atomic mass is 9.78. The van der Waals surface area contributed by atoms with Crippen LogP contribution < -0.4 is 14.8 Å². The van der Waals surface area contributed by atoms with E-state index < -0.39 is 89.6 Å². The van der Waals surface area contributed by atoms with Gasteiger partial charge in [-0.2, -0.15) is 0 Å². The van der Waals surface area contributed by atoms with E-state index in [0.29, 0.717) is 13.1 Å². The van der Waals surface area contributed by atoms with Crippen LogP contribution in [0.3, 0.4) is 0 Å². The van der Waals surface area contributed by atoms with Crippen LogP contribution in [-0.4, -0.2) is 106 Å². The molecule has 2 amide bonds. The summed E-state index contributed by atoms with van der Waals surface area (Å²) in [4.78, 5) is 56.3. The molecular weight excluding hydrogens is 825 g/mol. The first-order chi connectivity index (χ1) is 30.2. The van der Waals surface area contributed by atoms with Crippen molar-refractivity contribution in [2.45, 2.75) is 138 Å². The number of esters is 1. The van der Waals surface area contributed by atoms with E-state index in [9.17, 15) is 39.6 Å². The number of phenols is 2. The van der Waals surface area contributed by atoms with Crippen molar-refractivity contribution in [2.24, 2.45) is 23.7 Å². The van der Waals surface area contributed by atoms with Crippen LogP contribution in [0.1, 0.15) is 117 Å². The van der Waals surface area contributed by atoms with Gasteiger partial charge < -0.3 is 54.3 Å². The van der Waals surface area contributed by atoms with Gasteiger partial charge in [-0.25, -0.2) is 0 Å². The second-order valence-corrected chi connectivity index (χ2v) is 17.5. The molecule has 5 bridgehead atoms. The quantitative estimate of drug-likeness (QED) is 0.0745. The molecule has 3 aliphatic heterocycles. The number of methoxy groups -OCH3 is 1. The zero-order chi connectivity index (χ0) is 47.6. The summed E-state index contributed by atoms with van der Waals surface area (Å²) >= 11 is 0. The van der Waals surface area contributed by atoms with Crippen LogP contribution in [0.15, 0.2) is 42.2 Å². The van der Waals surface area contributed by atoms with Gasteiger partial charge in [-0.15, -0.1) is 0 Å². The van der Waals surface area contributed by atoms with Crippen molar-refractivity contribution in [3.05, 3.63) is 53.3 Å². The third-order valence-electron chi connectivity index (χ3n) is 12.6. The third-order valence-corrected chi connectivity index (χ3v) is 12.6. The second kappa shape index (κ2) is 22.7. The van der Waals surface area contributed by atoms with E-state index >= 15 is 0 Å². The SMILES string of the molecule is CCCCCN(CCCCC)C(=O)COc1cc2c(O)c3c(O)c(C)c4c(c13)C(=O)[C@@](C)(O/C=C/[C@H](OC)[C@@H](C)[C@@H](OC(C)=O)[C@H](C)[C@H](O)[C@H](C)[C@@H](O)[C@@H](C)/C=C/C=C(/C)C(=O)N2)O4. The van der Waals surface area contributed by atoms with Crippen LogP contribution in [0.25, 0.3) is 10.8 Å². The number of ketones is 1. The molecule has 0 saturated heterocycles. The number of phenolic OH excluding ortho intramolecular Hbond substituents is 2. The number of nitrogens with one attached hydrogen (secondary N) is 1. The molecule has 2 aromatic rings. The number of carbonyl (C=O) groups is 4. The number of rotatable bonds is 13. The van der Waals surface area contributed by atoms with Crippen molar-refractivity contribution in [3.63, 3.8) is 0 Å². The lowest BCUT2D eigenvalue weighted by Gasteiger charge is -2.38. The van der Waals surface area contributed by atoms with Crippen molar-refractivity contribution >= 4 is 40.0 Å². The van der Waals surface area contributed by atoms with E-state index in [1.165, 1.54) is 52.4 Å². The maximum absolute atomic E-state index is 14.6. The number of fused-ring (bicyclic) bond motifs is 14. The fourth-order valence-electron chi connectivity index (χ4n) is 8.45. The Balaban J connectivity index is 1.91. The molecule has 9 atom stereocenters. The summed E-state index contributed by atoms with van der Waals surface area (Å²) in [6.45, 7) is 17.4. The number of nitrogens with zero attached hydrogens (tertiary/aromatic N) is 1. The summed E-state index contributed by atoms with van der Waals surface area (Å²) in [5.41, 5.74) is 0.0358. The fourth-order valence-corrected chi connectivity index (χ4v) is 8.45. The van der Waals surface area contributed by atoms with Gasteiger partial charge in [0, 0.05) is 80.3 Å². The Labute approximate surface area is 377 Å². The Hall–Kier alpha value is -5.12. The van der Waals surface area contributed by atoms with Crippen LogP contribution in [0.4, 0.5) is 5.69 Å². The van der Waals surface area contributed by atoms with Gasteiger partial charge in [-0.05, 0) is 32.8 Å². The van der Waals surface area contributed by atoms with E-state index in [1.807, 2.05) is 0 Å². The summed E-state index contributed by atoms with van der Waals surface area (Å²) in [6, 6.07) is 1.30. The third kappa shape index (κ3) is 11.6. The topological polar surface area (TPSA) is 211 Å².